The van der Waals surface area contributed by atoms with Gasteiger partial charge in [0.2, 0.25) is 15.9 Å². The number of hydrogen-bond donors (Lipinski definition) is 2. The Labute approximate surface area is 209 Å². The van der Waals surface area contributed by atoms with Crippen LogP contribution in [0.25, 0.3) is 0 Å². The summed E-state index contributed by atoms with van der Waals surface area (Å²) < 4.78 is 70.6. The number of nitrogens with one attached hydrogen (secondary N) is 1. The zero-order chi connectivity index (χ0) is 25.9. The molecule has 2 N–H and O–H groups in total. The van der Waals surface area contributed by atoms with E-state index in [4.69, 9.17) is 14.2 Å². The molecule has 0 spiro atoms. The largest absolute Gasteiger partial charge is 0.478 e. The van der Waals surface area contributed by atoms with E-state index in [1.807, 2.05) is 0 Å². The highest BCUT2D eigenvalue weighted by Crippen LogP contribution is 2.36. The minimum atomic E-state index is -3.57. The molecule has 4 aliphatic rings. The van der Waals surface area contributed by atoms with E-state index < -0.39 is 40.7 Å². The predicted molar refractivity (Wildman–Crippen MR) is 124 cm³/mol. The zero-order valence-corrected chi connectivity index (χ0v) is 21.0. The highest BCUT2D eigenvalue weighted by Gasteiger charge is 2.46. The maximum Gasteiger partial charge on any atom is 0.410 e. The van der Waals surface area contributed by atoms with Crippen molar-refractivity contribution in [2.75, 3.05) is 32.7 Å². The standard InChI is InChI=1S/C23H33F2N3O7S/c1-36(31,32)27-19-11-16(12-29)28-20(19)13-35-17-5-3-14(4-6-17)18-9-15(22(24)25)10-21(26-18)33-7-2-8-34-23(28)30/h9-10,14,16-17,19-20,22,27,29H,2-8,11-13H2,1H3/t14?,16-,17?,19-,20?/m0/s1. The SMILES string of the molecule is CS(=O)(=O)N[C@H]1C[C@@H](CO)N2C(=O)OCCCOc3cc(C(F)F)cc(n3)C3CCC(CC3)OCC12. The summed E-state index contributed by atoms with van der Waals surface area (Å²) in [7, 11) is -3.57. The molecule has 1 unspecified atom stereocenters. The van der Waals surface area contributed by atoms with E-state index in [1.165, 1.54) is 17.0 Å². The van der Waals surface area contributed by atoms with Gasteiger partial charge >= 0.3 is 6.09 Å². The van der Waals surface area contributed by atoms with E-state index in [2.05, 4.69) is 9.71 Å². The minimum absolute atomic E-state index is 0.00658. The number of aliphatic hydroxyl groups excluding tert-OH is 1. The van der Waals surface area contributed by atoms with Gasteiger partial charge in [0, 0.05) is 35.7 Å². The van der Waals surface area contributed by atoms with Gasteiger partial charge in [-0.3, -0.25) is 4.90 Å². The van der Waals surface area contributed by atoms with Crippen LogP contribution in [-0.4, -0.2) is 86.4 Å². The fourth-order valence-electron chi connectivity index (χ4n) is 5.26. The number of hydrogen-bond acceptors (Lipinski definition) is 8. The molecule has 3 aliphatic heterocycles. The summed E-state index contributed by atoms with van der Waals surface area (Å²) in [5.41, 5.74) is 0.431. The van der Waals surface area contributed by atoms with Crippen molar-refractivity contribution < 1.29 is 41.3 Å². The molecule has 0 radical (unpaired) electrons. The summed E-state index contributed by atoms with van der Waals surface area (Å²) in [6.45, 7) is -0.193. The first-order valence-electron chi connectivity index (χ1n) is 12.2. The van der Waals surface area contributed by atoms with Crippen LogP contribution in [0.4, 0.5) is 13.6 Å². The smallest absolute Gasteiger partial charge is 0.410 e. The number of aliphatic hydroxyl groups is 1. The topological polar surface area (TPSA) is 127 Å². The van der Waals surface area contributed by atoms with Crippen molar-refractivity contribution in [2.24, 2.45) is 0 Å². The first kappa shape index (κ1) is 27.0. The fraction of sp³-hybridized carbons (Fsp3) is 0.739. The normalized spacial score (nSPS) is 30.0. The molecular weight excluding hydrogens is 500 g/mol. The van der Waals surface area contributed by atoms with Crippen LogP contribution in [-0.2, 0) is 19.5 Å². The Morgan fingerprint density at radius 3 is 2.58 bits per heavy atom. The van der Waals surface area contributed by atoms with E-state index in [0.29, 0.717) is 31.4 Å². The number of fused-ring (bicyclic) bond motifs is 8. The molecule has 4 heterocycles. The number of pyridine rings is 1. The second-order valence-corrected chi connectivity index (χ2v) is 11.4. The summed E-state index contributed by atoms with van der Waals surface area (Å²) in [4.78, 5) is 18.8. The third-order valence-corrected chi connectivity index (χ3v) is 7.71. The summed E-state index contributed by atoms with van der Waals surface area (Å²) in [5.74, 6) is 0.111. The monoisotopic (exact) mass is 533 g/mol. The molecule has 5 rings (SSSR count). The average Bonchev–Trinajstić information content (AvgIpc) is 3.17. The highest BCUT2D eigenvalue weighted by atomic mass is 32.2. The molecule has 1 saturated carbocycles. The number of sulfonamides is 1. The van der Waals surface area contributed by atoms with Crippen LogP contribution in [0, 0.1) is 0 Å². The first-order chi connectivity index (χ1) is 17.1. The number of rotatable bonds is 4. The lowest BCUT2D eigenvalue weighted by atomic mass is 9.84. The van der Waals surface area contributed by atoms with Crippen LogP contribution in [0.15, 0.2) is 12.1 Å². The lowest BCUT2D eigenvalue weighted by Gasteiger charge is -2.33. The van der Waals surface area contributed by atoms with E-state index in [0.717, 1.165) is 6.26 Å². The maximum atomic E-state index is 13.5. The Bertz CT molecular complexity index is 1020. The van der Waals surface area contributed by atoms with Crippen molar-refractivity contribution in [1.29, 1.82) is 0 Å². The second-order valence-electron chi connectivity index (χ2n) is 9.63. The number of ether oxygens (including phenoxy) is 3. The summed E-state index contributed by atoms with van der Waals surface area (Å²) >= 11 is 0. The van der Waals surface area contributed by atoms with Crippen molar-refractivity contribution in [3.05, 3.63) is 23.4 Å². The van der Waals surface area contributed by atoms with E-state index in [9.17, 15) is 27.1 Å². The Morgan fingerprint density at radius 2 is 1.92 bits per heavy atom. The van der Waals surface area contributed by atoms with E-state index >= 15 is 0 Å². The van der Waals surface area contributed by atoms with Crippen molar-refractivity contribution in [1.82, 2.24) is 14.6 Å². The number of halogens is 2. The van der Waals surface area contributed by atoms with Crippen molar-refractivity contribution >= 4 is 16.1 Å². The number of carbonyl (C=O) groups excluding carboxylic acids is 1. The molecule has 202 valence electrons. The fourth-order valence-corrected chi connectivity index (χ4v) is 6.06. The molecule has 4 bridgehead atoms. The van der Waals surface area contributed by atoms with Crippen molar-refractivity contribution in [3.8, 4) is 5.88 Å². The van der Waals surface area contributed by atoms with Gasteiger partial charge in [0.1, 0.15) is 0 Å². The second kappa shape index (κ2) is 11.5. The molecule has 1 aromatic heterocycles. The number of carbonyl (C=O) groups is 1. The molecule has 3 atom stereocenters. The van der Waals surface area contributed by atoms with Gasteiger partial charge in [0.15, 0.2) is 0 Å². The molecule has 36 heavy (non-hydrogen) atoms. The Hall–Kier alpha value is -2.09. The number of aromatic nitrogens is 1. The lowest BCUT2D eigenvalue weighted by Crippen LogP contribution is -2.51. The van der Waals surface area contributed by atoms with Crippen molar-refractivity contribution in [3.63, 3.8) is 0 Å². The predicted octanol–water partition coefficient (Wildman–Crippen LogP) is 2.33. The van der Waals surface area contributed by atoms with Crippen LogP contribution in [0.1, 0.15) is 62.1 Å². The summed E-state index contributed by atoms with van der Waals surface area (Å²) in [5, 5.41) is 9.90. The summed E-state index contributed by atoms with van der Waals surface area (Å²) in [6.07, 6.45) is 0.778. The molecule has 1 aliphatic carbocycles. The third kappa shape index (κ3) is 6.61. The molecular formula is C23H33F2N3O7S. The van der Waals surface area contributed by atoms with Crippen molar-refractivity contribution in [2.45, 2.75) is 75.1 Å². The highest BCUT2D eigenvalue weighted by molar-refractivity contribution is 7.88. The molecule has 1 amide bonds. The van der Waals surface area contributed by atoms with E-state index in [1.54, 1.807) is 0 Å². The van der Waals surface area contributed by atoms with Crippen LogP contribution < -0.4 is 9.46 Å². The Morgan fingerprint density at radius 1 is 1.19 bits per heavy atom. The zero-order valence-electron chi connectivity index (χ0n) is 20.1. The van der Waals surface area contributed by atoms with Crippen LogP contribution in [0.5, 0.6) is 5.88 Å². The quantitative estimate of drug-likeness (QED) is 0.604. The van der Waals surface area contributed by atoms with Gasteiger partial charge in [0.25, 0.3) is 6.43 Å². The molecule has 13 heteroatoms. The maximum absolute atomic E-state index is 13.5. The van der Waals surface area contributed by atoms with Crippen LogP contribution in [0.2, 0.25) is 0 Å². The van der Waals surface area contributed by atoms with Gasteiger partial charge in [-0.05, 0) is 38.2 Å². The molecule has 10 nitrogen and oxygen atoms in total. The van der Waals surface area contributed by atoms with E-state index in [-0.39, 0.29) is 62.7 Å². The van der Waals surface area contributed by atoms with Gasteiger partial charge in [-0.1, -0.05) is 0 Å². The molecule has 0 aromatic carbocycles. The Kier molecular flexibility index (Phi) is 8.63. The minimum Gasteiger partial charge on any atom is -0.478 e. The van der Waals surface area contributed by atoms with Gasteiger partial charge in [-0.2, -0.15) is 0 Å². The number of amides is 1. The third-order valence-electron chi connectivity index (χ3n) is 6.98. The molecule has 2 fully saturated rings. The number of nitrogens with zero attached hydrogens (tertiary/aromatic N) is 2. The summed E-state index contributed by atoms with van der Waals surface area (Å²) in [6, 6.07) is 0.757. The number of alkyl halides is 2. The Balaban J connectivity index is 1.56. The van der Waals surface area contributed by atoms with Gasteiger partial charge in [-0.15, -0.1) is 0 Å². The molecule has 1 aromatic rings. The van der Waals surface area contributed by atoms with Gasteiger partial charge in [0.05, 0.1) is 50.9 Å². The van der Waals surface area contributed by atoms with Gasteiger partial charge in [-0.25, -0.2) is 31.7 Å². The van der Waals surface area contributed by atoms with Gasteiger partial charge < -0.3 is 19.3 Å². The first-order valence-corrected chi connectivity index (χ1v) is 14.1. The van der Waals surface area contributed by atoms with Crippen LogP contribution >= 0.6 is 0 Å². The molecule has 1 saturated heterocycles. The lowest BCUT2D eigenvalue weighted by molar-refractivity contribution is -0.0142. The average molecular weight is 534 g/mol. The van der Waals surface area contributed by atoms with Crippen LogP contribution in [0.3, 0.4) is 0 Å².